The Bertz CT molecular complexity index is 530. The number of benzene rings is 2. The third-order valence-corrected chi connectivity index (χ3v) is 3.31. The molecule has 1 N–H and O–H groups in total. The van der Waals surface area contributed by atoms with E-state index >= 15 is 0 Å². The van der Waals surface area contributed by atoms with Gasteiger partial charge in [0.25, 0.3) is 0 Å². The van der Waals surface area contributed by atoms with Gasteiger partial charge in [-0.25, -0.2) is 4.39 Å². The molecule has 0 aromatic heterocycles. The van der Waals surface area contributed by atoms with Crippen LogP contribution in [0.3, 0.4) is 0 Å². The highest BCUT2D eigenvalue weighted by Crippen LogP contribution is 2.19. The number of ether oxygens (including phenoxy) is 1. The molecule has 0 saturated heterocycles. The fourth-order valence-corrected chi connectivity index (χ4v) is 2.24. The lowest BCUT2D eigenvalue weighted by Crippen LogP contribution is -2.24. The molecule has 0 amide bonds. The third-order valence-electron chi connectivity index (χ3n) is 3.31. The van der Waals surface area contributed by atoms with Gasteiger partial charge >= 0.3 is 0 Å². The molecule has 0 radical (unpaired) electrons. The Morgan fingerprint density at radius 1 is 1.10 bits per heavy atom. The monoisotopic (exact) mass is 287 g/mol. The summed E-state index contributed by atoms with van der Waals surface area (Å²) in [7, 11) is 0. The molecule has 3 heteroatoms. The summed E-state index contributed by atoms with van der Waals surface area (Å²) in [5.74, 6) is 0.672. The van der Waals surface area contributed by atoms with Gasteiger partial charge in [0.1, 0.15) is 11.6 Å². The Balaban J connectivity index is 1.93. The Hall–Kier alpha value is -1.87. The molecule has 2 aromatic carbocycles. The van der Waals surface area contributed by atoms with Crippen molar-refractivity contribution >= 4 is 0 Å². The Kier molecular flexibility index (Phi) is 6.22. The van der Waals surface area contributed by atoms with E-state index in [2.05, 4.69) is 12.2 Å². The minimum Gasteiger partial charge on any atom is -0.494 e. The van der Waals surface area contributed by atoms with Crippen molar-refractivity contribution in [1.82, 2.24) is 5.32 Å². The fraction of sp³-hybridized carbons (Fsp3) is 0.333. The first kappa shape index (κ1) is 15.5. The van der Waals surface area contributed by atoms with Gasteiger partial charge < -0.3 is 10.1 Å². The average molecular weight is 287 g/mol. The summed E-state index contributed by atoms with van der Waals surface area (Å²) in [6, 6.07) is 16.6. The van der Waals surface area contributed by atoms with Crippen LogP contribution in [0.15, 0.2) is 54.6 Å². The molecule has 0 aliphatic heterocycles. The molecule has 0 saturated carbocycles. The van der Waals surface area contributed by atoms with Gasteiger partial charge in [-0.2, -0.15) is 0 Å². The van der Waals surface area contributed by atoms with Gasteiger partial charge in [0, 0.05) is 12.5 Å². The highest BCUT2D eigenvalue weighted by molar-refractivity contribution is 5.22. The lowest BCUT2D eigenvalue weighted by Gasteiger charge is -2.19. The van der Waals surface area contributed by atoms with E-state index in [9.17, 15) is 4.39 Å². The SMILES string of the molecule is CCCNC(CCOc1ccccc1)c1cccc(F)c1. The minimum absolute atomic E-state index is 0.115. The first-order valence-electron chi connectivity index (χ1n) is 7.46. The van der Waals surface area contributed by atoms with E-state index in [1.807, 2.05) is 36.4 Å². The van der Waals surface area contributed by atoms with E-state index in [0.29, 0.717) is 6.61 Å². The largest absolute Gasteiger partial charge is 0.494 e. The van der Waals surface area contributed by atoms with Crippen LogP contribution in [0.2, 0.25) is 0 Å². The normalized spacial score (nSPS) is 12.1. The van der Waals surface area contributed by atoms with Crippen LogP contribution in [-0.2, 0) is 0 Å². The van der Waals surface area contributed by atoms with Crippen molar-refractivity contribution in [1.29, 1.82) is 0 Å². The Morgan fingerprint density at radius 3 is 2.62 bits per heavy atom. The van der Waals surface area contributed by atoms with Crippen molar-refractivity contribution in [3.05, 3.63) is 66.0 Å². The maximum absolute atomic E-state index is 13.4. The molecular formula is C18H22FNO. The third kappa shape index (κ3) is 5.20. The highest BCUT2D eigenvalue weighted by atomic mass is 19.1. The van der Waals surface area contributed by atoms with Crippen LogP contribution in [0.4, 0.5) is 4.39 Å². The van der Waals surface area contributed by atoms with Gasteiger partial charge in [0.05, 0.1) is 6.61 Å². The number of hydrogen-bond donors (Lipinski definition) is 1. The van der Waals surface area contributed by atoms with Crippen molar-refractivity contribution in [2.24, 2.45) is 0 Å². The van der Waals surface area contributed by atoms with Crippen LogP contribution in [-0.4, -0.2) is 13.2 Å². The summed E-state index contributed by atoms with van der Waals surface area (Å²) < 4.78 is 19.1. The lowest BCUT2D eigenvalue weighted by molar-refractivity contribution is 0.286. The van der Waals surface area contributed by atoms with Crippen LogP contribution in [0.1, 0.15) is 31.4 Å². The molecule has 2 nitrogen and oxygen atoms in total. The number of hydrogen-bond acceptors (Lipinski definition) is 2. The molecule has 0 bridgehead atoms. The first-order valence-corrected chi connectivity index (χ1v) is 7.46. The van der Waals surface area contributed by atoms with E-state index in [4.69, 9.17) is 4.74 Å². The van der Waals surface area contributed by atoms with Crippen molar-refractivity contribution in [3.8, 4) is 5.75 Å². The van der Waals surface area contributed by atoms with Crippen LogP contribution in [0.5, 0.6) is 5.75 Å². The molecule has 0 fully saturated rings. The zero-order valence-electron chi connectivity index (χ0n) is 12.4. The number of para-hydroxylation sites is 1. The first-order chi connectivity index (χ1) is 10.3. The van der Waals surface area contributed by atoms with Crippen molar-refractivity contribution in [3.63, 3.8) is 0 Å². The van der Waals surface area contributed by atoms with Crippen LogP contribution in [0.25, 0.3) is 0 Å². The van der Waals surface area contributed by atoms with Gasteiger partial charge in [0.2, 0.25) is 0 Å². The van der Waals surface area contributed by atoms with E-state index in [0.717, 1.165) is 30.7 Å². The fourth-order valence-electron chi connectivity index (χ4n) is 2.24. The predicted molar refractivity (Wildman–Crippen MR) is 84.0 cm³/mol. The van der Waals surface area contributed by atoms with E-state index in [1.165, 1.54) is 6.07 Å². The van der Waals surface area contributed by atoms with Gasteiger partial charge in [-0.1, -0.05) is 37.3 Å². The van der Waals surface area contributed by atoms with E-state index in [1.54, 1.807) is 12.1 Å². The molecule has 2 aromatic rings. The molecule has 0 spiro atoms. The topological polar surface area (TPSA) is 21.3 Å². The maximum atomic E-state index is 13.4. The van der Waals surface area contributed by atoms with Gasteiger partial charge in [-0.3, -0.25) is 0 Å². The van der Waals surface area contributed by atoms with Gasteiger partial charge in [-0.05, 0) is 42.8 Å². The summed E-state index contributed by atoms with van der Waals surface area (Å²) in [5, 5.41) is 3.45. The molecular weight excluding hydrogens is 265 g/mol. The molecule has 0 heterocycles. The highest BCUT2D eigenvalue weighted by Gasteiger charge is 2.11. The zero-order valence-corrected chi connectivity index (χ0v) is 12.4. The molecule has 112 valence electrons. The van der Waals surface area contributed by atoms with Crippen molar-refractivity contribution in [2.45, 2.75) is 25.8 Å². The molecule has 1 atom stereocenters. The van der Waals surface area contributed by atoms with Gasteiger partial charge in [0.15, 0.2) is 0 Å². The molecule has 0 aliphatic carbocycles. The summed E-state index contributed by atoms with van der Waals surface area (Å²) in [4.78, 5) is 0. The maximum Gasteiger partial charge on any atom is 0.123 e. The Labute approximate surface area is 126 Å². The number of nitrogens with one attached hydrogen (secondary N) is 1. The molecule has 2 rings (SSSR count). The second-order valence-electron chi connectivity index (χ2n) is 5.01. The standard InChI is InChI=1S/C18H22FNO/c1-2-12-20-18(15-7-6-8-16(19)14-15)11-13-21-17-9-4-3-5-10-17/h3-10,14,18,20H,2,11-13H2,1H3. The smallest absolute Gasteiger partial charge is 0.123 e. The summed E-state index contributed by atoms with van der Waals surface area (Å²) in [6.07, 6.45) is 1.85. The summed E-state index contributed by atoms with van der Waals surface area (Å²) in [5.41, 5.74) is 0.972. The van der Waals surface area contributed by atoms with E-state index in [-0.39, 0.29) is 11.9 Å². The Morgan fingerprint density at radius 2 is 1.90 bits per heavy atom. The summed E-state index contributed by atoms with van der Waals surface area (Å²) >= 11 is 0. The predicted octanol–water partition coefficient (Wildman–Crippen LogP) is 4.34. The average Bonchev–Trinajstić information content (AvgIpc) is 2.51. The molecule has 1 unspecified atom stereocenters. The van der Waals surface area contributed by atoms with Crippen LogP contribution in [0, 0.1) is 5.82 Å². The molecule has 0 aliphatic rings. The quantitative estimate of drug-likeness (QED) is 0.780. The molecule has 21 heavy (non-hydrogen) atoms. The van der Waals surface area contributed by atoms with Gasteiger partial charge in [-0.15, -0.1) is 0 Å². The second-order valence-corrected chi connectivity index (χ2v) is 5.01. The van der Waals surface area contributed by atoms with Crippen LogP contribution >= 0.6 is 0 Å². The summed E-state index contributed by atoms with van der Waals surface area (Å²) in [6.45, 7) is 3.63. The minimum atomic E-state index is -0.195. The number of rotatable bonds is 8. The lowest BCUT2D eigenvalue weighted by atomic mass is 10.0. The second kappa shape index (κ2) is 8.42. The van der Waals surface area contributed by atoms with E-state index < -0.39 is 0 Å². The van der Waals surface area contributed by atoms with Crippen molar-refractivity contribution in [2.75, 3.05) is 13.2 Å². The zero-order chi connectivity index (χ0) is 14.9. The van der Waals surface area contributed by atoms with Crippen molar-refractivity contribution < 1.29 is 9.13 Å². The van der Waals surface area contributed by atoms with Crippen LogP contribution < -0.4 is 10.1 Å². The number of halogens is 1.